The largest absolute Gasteiger partial charge is 0.445 e. The first-order valence-electron chi connectivity index (χ1n) is 6.94. The van der Waals surface area contributed by atoms with Crippen LogP contribution < -0.4 is 5.32 Å². The van der Waals surface area contributed by atoms with E-state index in [9.17, 15) is 9.59 Å². The van der Waals surface area contributed by atoms with Crippen molar-refractivity contribution in [3.05, 3.63) is 41.7 Å². The van der Waals surface area contributed by atoms with Gasteiger partial charge in [0.15, 0.2) is 5.60 Å². The molecule has 3 aromatic rings. The van der Waals surface area contributed by atoms with E-state index in [4.69, 9.17) is 4.74 Å². The van der Waals surface area contributed by atoms with Crippen LogP contribution in [0.15, 0.2) is 30.6 Å². The second kappa shape index (κ2) is 4.63. The number of aromatic amines is 1. The maximum Gasteiger partial charge on any atom is 0.339 e. The number of H-pyrrole nitrogens is 1. The van der Waals surface area contributed by atoms with Crippen LogP contribution in [0.1, 0.15) is 22.8 Å². The zero-order chi connectivity index (χ0) is 16.0. The van der Waals surface area contributed by atoms with Crippen molar-refractivity contribution in [3.63, 3.8) is 0 Å². The summed E-state index contributed by atoms with van der Waals surface area (Å²) in [5, 5.41) is 13.0. The van der Waals surface area contributed by atoms with E-state index in [-0.39, 0.29) is 12.4 Å². The summed E-state index contributed by atoms with van der Waals surface area (Å²) >= 11 is 0. The van der Waals surface area contributed by atoms with Crippen molar-refractivity contribution in [2.75, 3.05) is 5.32 Å². The van der Waals surface area contributed by atoms with Crippen LogP contribution in [0.25, 0.3) is 5.78 Å². The van der Waals surface area contributed by atoms with Crippen LogP contribution >= 0.6 is 0 Å². The van der Waals surface area contributed by atoms with Gasteiger partial charge in [-0.1, -0.05) is 18.2 Å². The Kier molecular flexibility index (Phi) is 2.71. The topological polar surface area (TPSA) is 114 Å². The van der Waals surface area contributed by atoms with E-state index in [1.54, 1.807) is 19.1 Å². The molecule has 4 rings (SSSR count). The molecule has 1 aliphatic rings. The Bertz CT molecular complexity index is 929. The molecule has 0 fully saturated rings. The maximum absolute atomic E-state index is 12.6. The molecule has 1 unspecified atom stereocenters. The summed E-state index contributed by atoms with van der Waals surface area (Å²) in [4.78, 5) is 28.6. The molecule has 1 atom stereocenters. The first kappa shape index (κ1) is 13.4. The predicted octanol–water partition coefficient (Wildman–Crippen LogP) is 0.563. The Morgan fingerprint density at radius 1 is 1.39 bits per heavy atom. The van der Waals surface area contributed by atoms with Gasteiger partial charge in [-0.2, -0.15) is 9.50 Å². The van der Waals surface area contributed by atoms with Crippen LogP contribution in [0.5, 0.6) is 0 Å². The summed E-state index contributed by atoms with van der Waals surface area (Å²) in [6.07, 6.45) is 1.71. The molecule has 2 N–H and O–H groups in total. The molecule has 1 aliphatic heterocycles. The number of hydrogen-bond donors (Lipinski definition) is 2. The molecule has 0 aliphatic carbocycles. The molecule has 0 spiro atoms. The molecule has 9 heteroatoms. The predicted molar refractivity (Wildman–Crippen MR) is 77.7 cm³/mol. The SMILES string of the molecule is CC1(C(=O)Nc2nnc3nc[nH]n23)Cc2ccccc2C(=O)O1. The first-order chi connectivity index (χ1) is 11.1. The second-order valence-electron chi connectivity index (χ2n) is 5.45. The third kappa shape index (κ3) is 2.05. The summed E-state index contributed by atoms with van der Waals surface area (Å²) in [6, 6.07) is 7.07. The summed E-state index contributed by atoms with van der Waals surface area (Å²) in [5.41, 5.74) is -0.0670. The maximum atomic E-state index is 12.6. The third-order valence-electron chi connectivity index (χ3n) is 3.80. The number of fused-ring (bicyclic) bond motifs is 2. The van der Waals surface area contributed by atoms with Gasteiger partial charge in [0.1, 0.15) is 6.33 Å². The lowest BCUT2D eigenvalue weighted by molar-refractivity contribution is -0.134. The zero-order valence-electron chi connectivity index (χ0n) is 12.1. The van der Waals surface area contributed by atoms with Gasteiger partial charge in [-0.3, -0.25) is 15.2 Å². The van der Waals surface area contributed by atoms with E-state index >= 15 is 0 Å². The van der Waals surface area contributed by atoms with Crippen LogP contribution in [-0.2, 0) is 16.0 Å². The molecular formula is C14H12N6O3. The van der Waals surface area contributed by atoms with Crippen LogP contribution in [0.2, 0.25) is 0 Å². The number of benzene rings is 1. The van der Waals surface area contributed by atoms with Gasteiger partial charge in [-0.15, -0.1) is 10.2 Å². The fourth-order valence-corrected chi connectivity index (χ4v) is 2.60. The number of anilines is 1. The second-order valence-corrected chi connectivity index (χ2v) is 5.45. The van der Waals surface area contributed by atoms with Crippen LogP contribution in [0, 0.1) is 0 Å². The summed E-state index contributed by atoms with van der Waals surface area (Å²) in [5.74, 6) is -0.489. The van der Waals surface area contributed by atoms with Crippen LogP contribution in [0.4, 0.5) is 5.95 Å². The number of nitrogens with zero attached hydrogens (tertiary/aromatic N) is 4. The molecule has 0 bridgehead atoms. The van der Waals surface area contributed by atoms with E-state index in [2.05, 4.69) is 25.6 Å². The highest BCUT2D eigenvalue weighted by Gasteiger charge is 2.43. The fourth-order valence-electron chi connectivity index (χ4n) is 2.60. The van der Waals surface area contributed by atoms with Gasteiger partial charge in [0.05, 0.1) is 5.56 Å². The van der Waals surface area contributed by atoms with Crippen LogP contribution in [0.3, 0.4) is 0 Å². The molecule has 116 valence electrons. The minimum absolute atomic E-state index is 0.179. The van der Waals surface area contributed by atoms with Crippen molar-refractivity contribution in [1.29, 1.82) is 0 Å². The van der Waals surface area contributed by atoms with Gasteiger partial charge in [-0.05, 0) is 18.6 Å². The van der Waals surface area contributed by atoms with E-state index in [0.717, 1.165) is 5.56 Å². The monoisotopic (exact) mass is 312 g/mol. The number of ether oxygens (including phenoxy) is 1. The molecule has 2 aromatic heterocycles. The van der Waals surface area contributed by atoms with Gasteiger partial charge in [0.25, 0.3) is 17.6 Å². The van der Waals surface area contributed by atoms with Crippen molar-refractivity contribution < 1.29 is 14.3 Å². The van der Waals surface area contributed by atoms with Gasteiger partial charge < -0.3 is 4.74 Å². The summed E-state index contributed by atoms with van der Waals surface area (Å²) in [7, 11) is 0. The van der Waals surface area contributed by atoms with Crippen molar-refractivity contribution >= 4 is 23.6 Å². The standard InChI is InChI=1S/C14H12N6O3/c1-14(6-8-4-2-3-5-9(8)10(21)23-14)11(22)17-13-19-18-12-15-7-16-20(12)13/h2-5,7H,6H2,1H3,(H,15,16,18)(H,17,19,22). The van der Waals surface area contributed by atoms with E-state index < -0.39 is 17.5 Å². The summed E-state index contributed by atoms with van der Waals surface area (Å²) in [6.45, 7) is 1.57. The normalized spacial score (nSPS) is 20.1. The Morgan fingerprint density at radius 3 is 3.09 bits per heavy atom. The highest BCUT2D eigenvalue weighted by molar-refractivity contribution is 6.01. The lowest BCUT2D eigenvalue weighted by Gasteiger charge is -2.32. The first-order valence-corrected chi connectivity index (χ1v) is 6.94. The lowest BCUT2D eigenvalue weighted by atomic mass is 9.89. The molecule has 23 heavy (non-hydrogen) atoms. The van der Waals surface area contributed by atoms with Crippen LogP contribution in [-0.4, -0.2) is 42.3 Å². The van der Waals surface area contributed by atoms with E-state index in [0.29, 0.717) is 11.3 Å². The Labute approximate surface area is 129 Å². The van der Waals surface area contributed by atoms with Gasteiger partial charge >= 0.3 is 5.97 Å². The molecule has 9 nitrogen and oxygen atoms in total. The highest BCUT2D eigenvalue weighted by Crippen LogP contribution is 2.29. The molecule has 0 saturated heterocycles. The number of rotatable bonds is 2. The molecule has 1 aromatic carbocycles. The lowest BCUT2D eigenvalue weighted by Crippen LogP contribution is -2.49. The summed E-state index contributed by atoms with van der Waals surface area (Å²) < 4.78 is 6.79. The van der Waals surface area contributed by atoms with E-state index in [1.807, 2.05) is 12.1 Å². The Morgan fingerprint density at radius 2 is 2.22 bits per heavy atom. The smallest absolute Gasteiger partial charge is 0.339 e. The number of hydrogen-bond acceptors (Lipinski definition) is 6. The molecular weight excluding hydrogens is 300 g/mol. The Balaban J connectivity index is 1.63. The number of aromatic nitrogens is 5. The minimum Gasteiger partial charge on any atom is -0.445 e. The van der Waals surface area contributed by atoms with E-state index in [1.165, 1.54) is 10.8 Å². The fraction of sp³-hybridized carbons (Fsp3) is 0.214. The quantitative estimate of drug-likeness (QED) is 0.668. The van der Waals surface area contributed by atoms with Gasteiger partial charge in [-0.25, -0.2) is 4.79 Å². The minimum atomic E-state index is -1.32. The highest BCUT2D eigenvalue weighted by atomic mass is 16.6. The average Bonchev–Trinajstić information content (AvgIpc) is 3.12. The van der Waals surface area contributed by atoms with Crippen molar-refractivity contribution in [1.82, 2.24) is 24.8 Å². The Hall–Kier alpha value is -3.23. The van der Waals surface area contributed by atoms with Crippen molar-refractivity contribution in [3.8, 4) is 0 Å². The third-order valence-corrected chi connectivity index (χ3v) is 3.80. The number of carbonyl (C=O) groups is 2. The van der Waals surface area contributed by atoms with Gasteiger partial charge in [0.2, 0.25) is 0 Å². The van der Waals surface area contributed by atoms with Gasteiger partial charge in [0, 0.05) is 6.42 Å². The zero-order valence-corrected chi connectivity index (χ0v) is 12.1. The molecule has 0 radical (unpaired) electrons. The number of nitrogens with one attached hydrogen (secondary N) is 2. The van der Waals surface area contributed by atoms with Crippen molar-refractivity contribution in [2.45, 2.75) is 18.9 Å². The molecule has 1 amide bonds. The van der Waals surface area contributed by atoms with Crippen molar-refractivity contribution in [2.24, 2.45) is 0 Å². The number of carbonyl (C=O) groups excluding carboxylic acids is 2. The number of amides is 1. The molecule has 3 heterocycles. The number of esters is 1. The molecule has 0 saturated carbocycles. The number of cyclic esters (lactones) is 1. The average molecular weight is 312 g/mol.